The van der Waals surface area contributed by atoms with E-state index in [1.54, 1.807) is 12.4 Å². The summed E-state index contributed by atoms with van der Waals surface area (Å²) in [6.07, 6.45) is 3.28. The minimum Gasteiger partial charge on any atom is -0.374 e. The van der Waals surface area contributed by atoms with Crippen LogP contribution in [0.25, 0.3) is 0 Å². The highest BCUT2D eigenvalue weighted by molar-refractivity contribution is 7.80. The Morgan fingerprint density at radius 2 is 1.75 bits per heavy atom. The lowest BCUT2D eigenvalue weighted by atomic mass is 10.6. The first-order valence-corrected chi connectivity index (χ1v) is 4.07. The van der Waals surface area contributed by atoms with Crippen LogP contribution in [-0.2, 0) is 0 Å². The van der Waals surface area contributed by atoms with E-state index < -0.39 is 0 Å². The minimum absolute atomic E-state index is 0.666. The van der Waals surface area contributed by atoms with E-state index in [0.717, 1.165) is 4.99 Å². The monoisotopic (exact) mass is 185 g/mol. The van der Waals surface area contributed by atoms with Gasteiger partial charge in [-0.1, -0.05) is 25.4 Å². The molecule has 0 aliphatic carbocycles. The van der Waals surface area contributed by atoms with Gasteiger partial charge >= 0.3 is 0 Å². The van der Waals surface area contributed by atoms with E-state index in [1.165, 1.54) is 0 Å². The Morgan fingerprint density at radius 1 is 1.33 bits per heavy atom. The summed E-state index contributed by atoms with van der Waals surface area (Å²) >= 11 is 5.02. The Balaban J connectivity index is 3.77. The lowest BCUT2D eigenvalue weighted by Crippen LogP contribution is -2.39. The van der Waals surface area contributed by atoms with E-state index in [2.05, 4.69) is 23.8 Å². The third-order valence-corrected chi connectivity index (χ3v) is 1.56. The second-order valence-corrected chi connectivity index (χ2v) is 2.78. The Morgan fingerprint density at radius 3 is 2.00 bits per heavy atom. The molecule has 2 N–H and O–H groups in total. The lowest BCUT2D eigenvalue weighted by molar-refractivity contribution is 0.394. The highest BCUT2D eigenvalue weighted by Crippen LogP contribution is 1.87. The van der Waals surface area contributed by atoms with Gasteiger partial charge in [0.15, 0.2) is 0 Å². The smallest absolute Gasteiger partial charge is 0.0893 e. The van der Waals surface area contributed by atoms with Crippen molar-refractivity contribution in [2.24, 2.45) is 0 Å². The summed E-state index contributed by atoms with van der Waals surface area (Å²) in [7, 11) is 0. The zero-order chi connectivity index (χ0) is 9.40. The van der Waals surface area contributed by atoms with Crippen molar-refractivity contribution in [2.45, 2.75) is 6.92 Å². The number of thiocarbonyl (C=S) groups is 1. The Bertz CT molecular complexity index is 156. The summed E-state index contributed by atoms with van der Waals surface area (Å²) < 4.78 is 0. The van der Waals surface area contributed by atoms with Gasteiger partial charge in [-0.3, -0.25) is 0 Å². The quantitative estimate of drug-likeness (QED) is 0.477. The number of hydrogen-bond acceptors (Lipinski definition) is 3. The molecular weight excluding hydrogens is 170 g/mol. The van der Waals surface area contributed by atoms with Gasteiger partial charge in [0.05, 0.1) is 18.3 Å². The van der Waals surface area contributed by atoms with Crippen molar-refractivity contribution < 1.29 is 0 Å². The molecule has 0 aliphatic heterocycles. The lowest BCUT2D eigenvalue weighted by Gasteiger charge is -2.22. The van der Waals surface area contributed by atoms with Gasteiger partial charge in [0.2, 0.25) is 0 Å². The van der Waals surface area contributed by atoms with Gasteiger partial charge in [-0.2, -0.15) is 0 Å². The molecule has 0 spiro atoms. The van der Waals surface area contributed by atoms with Crippen LogP contribution in [0.2, 0.25) is 0 Å². The molecule has 0 saturated carbocycles. The molecule has 68 valence electrons. The van der Waals surface area contributed by atoms with Crippen LogP contribution in [0.3, 0.4) is 0 Å². The highest BCUT2D eigenvalue weighted by atomic mass is 32.1. The fourth-order valence-electron chi connectivity index (χ4n) is 0.628. The average molecular weight is 185 g/mol. The molecule has 0 fully saturated rings. The van der Waals surface area contributed by atoms with E-state index in [4.69, 9.17) is 12.2 Å². The molecule has 0 amide bonds. The summed E-state index contributed by atoms with van der Waals surface area (Å²) in [5.74, 6) is 0. The van der Waals surface area contributed by atoms with Crippen LogP contribution < -0.4 is 10.6 Å². The van der Waals surface area contributed by atoms with Crippen molar-refractivity contribution in [1.29, 1.82) is 0 Å². The van der Waals surface area contributed by atoms with Gasteiger partial charge in [0, 0.05) is 0 Å². The predicted molar refractivity (Wildman–Crippen MR) is 56.5 cm³/mol. The maximum absolute atomic E-state index is 5.02. The topological polar surface area (TPSA) is 27.3 Å². The standard InChI is InChI=1S/C8H15N3S/c1-4-9-6-11(8(3)12)7-10-5-2/h4-5,9-10H,1-2,6-7H2,3H3. The molecule has 0 bridgehead atoms. The number of nitrogens with one attached hydrogen (secondary N) is 2. The van der Waals surface area contributed by atoms with Gasteiger partial charge in [-0.25, -0.2) is 0 Å². The van der Waals surface area contributed by atoms with Crippen molar-refractivity contribution in [1.82, 2.24) is 15.5 Å². The zero-order valence-corrected chi connectivity index (χ0v) is 8.16. The highest BCUT2D eigenvalue weighted by Gasteiger charge is 2.00. The maximum Gasteiger partial charge on any atom is 0.0893 e. The largest absolute Gasteiger partial charge is 0.374 e. The van der Waals surface area contributed by atoms with E-state index >= 15 is 0 Å². The molecule has 0 unspecified atom stereocenters. The third-order valence-electron chi connectivity index (χ3n) is 1.30. The molecular formula is C8H15N3S. The van der Waals surface area contributed by atoms with Crippen LogP contribution in [0.15, 0.2) is 25.6 Å². The van der Waals surface area contributed by atoms with Crippen molar-refractivity contribution in [3.05, 3.63) is 25.6 Å². The van der Waals surface area contributed by atoms with Crippen molar-refractivity contribution >= 4 is 17.2 Å². The van der Waals surface area contributed by atoms with Gasteiger partial charge in [-0.05, 0) is 19.3 Å². The van der Waals surface area contributed by atoms with E-state index in [1.807, 2.05) is 11.8 Å². The molecule has 0 heterocycles. The van der Waals surface area contributed by atoms with Crippen LogP contribution in [0.1, 0.15) is 6.92 Å². The Kier molecular flexibility index (Phi) is 6.09. The normalized spacial score (nSPS) is 8.42. The first-order valence-electron chi connectivity index (χ1n) is 3.66. The summed E-state index contributed by atoms with van der Waals surface area (Å²) in [5, 5.41) is 5.93. The zero-order valence-electron chi connectivity index (χ0n) is 7.34. The van der Waals surface area contributed by atoms with E-state index in [0.29, 0.717) is 13.3 Å². The molecule has 0 aromatic rings. The molecule has 0 atom stereocenters. The van der Waals surface area contributed by atoms with Gasteiger partial charge < -0.3 is 15.5 Å². The second kappa shape index (κ2) is 6.67. The number of rotatable bonds is 6. The fourth-order valence-corrected chi connectivity index (χ4v) is 0.757. The van der Waals surface area contributed by atoms with Crippen LogP contribution in [0.4, 0.5) is 0 Å². The van der Waals surface area contributed by atoms with E-state index in [9.17, 15) is 0 Å². The fraction of sp³-hybridized carbons (Fsp3) is 0.375. The number of hydrogen-bond donors (Lipinski definition) is 2. The average Bonchev–Trinajstić information content (AvgIpc) is 2.04. The van der Waals surface area contributed by atoms with E-state index in [-0.39, 0.29) is 0 Å². The molecule has 0 saturated heterocycles. The third kappa shape index (κ3) is 4.73. The molecule has 0 aromatic heterocycles. The molecule has 0 radical (unpaired) electrons. The Labute approximate surface area is 79.1 Å². The SMILES string of the molecule is C=CNCN(CNC=C)C(C)=S. The molecule has 12 heavy (non-hydrogen) atoms. The summed E-state index contributed by atoms with van der Waals surface area (Å²) in [5.41, 5.74) is 0. The minimum atomic E-state index is 0.666. The first-order chi connectivity index (χ1) is 5.72. The van der Waals surface area contributed by atoms with Gasteiger partial charge in [-0.15, -0.1) is 0 Å². The van der Waals surface area contributed by atoms with Crippen molar-refractivity contribution in [2.75, 3.05) is 13.3 Å². The Hall–Kier alpha value is -1.03. The van der Waals surface area contributed by atoms with Crippen molar-refractivity contribution in [3.63, 3.8) is 0 Å². The van der Waals surface area contributed by atoms with Gasteiger partial charge in [0.1, 0.15) is 0 Å². The first kappa shape index (κ1) is 11.0. The van der Waals surface area contributed by atoms with Crippen LogP contribution >= 0.6 is 12.2 Å². The maximum atomic E-state index is 5.02. The summed E-state index contributed by atoms with van der Waals surface area (Å²) in [6.45, 7) is 10.3. The predicted octanol–water partition coefficient (Wildman–Crippen LogP) is 1.02. The molecule has 4 heteroatoms. The van der Waals surface area contributed by atoms with Crippen LogP contribution in [-0.4, -0.2) is 23.2 Å². The molecule has 0 aromatic carbocycles. The van der Waals surface area contributed by atoms with Gasteiger partial charge in [0.25, 0.3) is 0 Å². The molecule has 3 nitrogen and oxygen atoms in total. The summed E-state index contributed by atoms with van der Waals surface area (Å²) in [6, 6.07) is 0. The second-order valence-electron chi connectivity index (χ2n) is 2.19. The number of nitrogens with zero attached hydrogens (tertiary/aromatic N) is 1. The molecule has 0 rings (SSSR count). The van der Waals surface area contributed by atoms with Crippen LogP contribution in [0.5, 0.6) is 0 Å². The van der Waals surface area contributed by atoms with Crippen molar-refractivity contribution in [3.8, 4) is 0 Å². The summed E-state index contributed by atoms with van der Waals surface area (Å²) in [4.78, 5) is 2.79. The molecule has 0 aliphatic rings. The van der Waals surface area contributed by atoms with Crippen LogP contribution in [0, 0.1) is 0 Å².